The van der Waals surface area contributed by atoms with Crippen molar-refractivity contribution in [1.82, 2.24) is 10.5 Å². The molecule has 5 nitrogen and oxygen atoms in total. The summed E-state index contributed by atoms with van der Waals surface area (Å²) in [6, 6.07) is 1.62. The van der Waals surface area contributed by atoms with E-state index in [0.29, 0.717) is 12.2 Å². The quantitative estimate of drug-likeness (QED) is 0.804. The zero-order valence-electron chi connectivity index (χ0n) is 8.66. The van der Waals surface area contributed by atoms with Crippen molar-refractivity contribution in [1.29, 1.82) is 0 Å². The van der Waals surface area contributed by atoms with Crippen LogP contribution in [0.25, 0.3) is 0 Å². The Morgan fingerprint density at radius 2 is 2.60 bits per heavy atom. The lowest BCUT2D eigenvalue weighted by molar-refractivity contribution is 0.0827. The Labute approximate surface area is 87.8 Å². The zero-order valence-corrected chi connectivity index (χ0v) is 8.66. The topological polar surface area (TPSA) is 64.4 Å². The van der Waals surface area contributed by atoms with Crippen molar-refractivity contribution in [2.24, 2.45) is 0 Å². The number of ether oxygens (including phenoxy) is 1. The summed E-state index contributed by atoms with van der Waals surface area (Å²) in [4.78, 5) is 11.5. The number of nitrogens with zero attached hydrogens (tertiary/aromatic N) is 1. The maximum Gasteiger partial charge on any atom is 0.289 e. The summed E-state index contributed by atoms with van der Waals surface area (Å²) < 4.78 is 10.2. The Hall–Kier alpha value is -1.36. The van der Waals surface area contributed by atoms with Crippen LogP contribution in [0.2, 0.25) is 0 Å². The molecule has 15 heavy (non-hydrogen) atoms. The molecule has 1 aliphatic rings. The van der Waals surface area contributed by atoms with Crippen molar-refractivity contribution in [3.05, 3.63) is 17.5 Å². The SMILES string of the molecule is Cc1cc(C(=O)NCC2CCCO2)on1. The monoisotopic (exact) mass is 210 g/mol. The molecule has 1 aromatic rings. The van der Waals surface area contributed by atoms with E-state index in [1.807, 2.05) is 0 Å². The van der Waals surface area contributed by atoms with Gasteiger partial charge in [0.15, 0.2) is 0 Å². The van der Waals surface area contributed by atoms with E-state index in [1.54, 1.807) is 13.0 Å². The van der Waals surface area contributed by atoms with E-state index in [9.17, 15) is 4.79 Å². The van der Waals surface area contributed by atoms with Crippen molar-refractivity contribution in [3.63, 3.8) is 0 Å². The second-order valence-corrected chi connectivity index (χ2v) is 3.68. The third-order valence-corrected chi connectivity index (χ3v) is 2.37. The number of rotatable bonds is 3. The Balaban J connectivity index is 1.81. The predicted molar refractivity (Wildman–Crippen MR) is 52.5 cm³/mol. The van der Waals surface area contributed by atoms with E-state index in [2.05, 4.69) is 10.5 Å². The van der Waals surface area contributed by atoms with Crippen LogP contribution in [0, 0.1) is 6.92 Å². The minimum atomic E-state index is -0.230. The predicted octanol–water partition coefficient (Wildman–Crippen LogP) is 0.892. The molecular weight excluding hydrogens is 196 g/mol. The number of nitrogens with one attached hydrogen (secondary N) is 1. The highest BCUT2D eigenvalue weighted by Gasteiger charge is 2.18. The van der Waals surface area contributed by atoms with Crippen molar-refractivity contribution in [2.45, 2.75) is 25.9 Å². The highest BCUT2D eigenvalue weighted by Crippen LogP contribution is 2.11. The van der Waals surface area contributed by atoms with E-state index in [0.717, 1.165) is 19.4 Å². The molecule has 0 radical (unpaired) electrons. The molecule has 5 heteroatoms. The number of amides is 1. The molecule has 0 aliphatic carbocycles. The van der Waals surface area contributed by atoms with Crippen LogP contribution in [0.3, 0.4) is 0 Å². The minimum Gasteiger partial charge on any atom is -0.376 e. The van der Waals surface area contributed by atoms with Crippen LogP contribution < -0.4 is 5.32 Å². The van der Waals surface area contributed by atoms with Gasteiger partial charge in [0, 0.05) is 19.2 Å². The molecule has 1 unspecified atom stereocenters. The van der Waals surface area contributed by atoms with Crippen LogP contribution in [0.5, 0.6) is 0 Å². The fraction of sp³-hybridized carbons (Fsp3) is 0.600. The summed E-state index contributed by atoms with van der Waals surface area (Å²) in [5, 5.41) is 6.41. The summed E-state index contributed by atoms with van der Waals surface area (Å²) in [6.45, 7) is 3.11. The lowest BCUT2D eigenvalue weighted by Gasteiger charge is -2.08. The maximum absolute atomic E-state index is 11.5. The van der Waals surface area contributed by atoms with Gasteiger partial charge in [0.1, 0.15) is 0 Å². The van der Waals surface area contributed by atoms with Gasteiger partial charge in [0.2, 0.25) is 5.76 Å². The fourth-order valence-electron chi connectivity index (χ4n) is 1.57. The summed E-state index contributed by atoms with van der Waals surface area (Å²) in [7, 11) is 0. The van der Waals surface area contributed by atoms with E-state index >= 15 is 0 Å². The first-order valence-corrected chi connectivity index (χ1v) is 5.09. The van der Waals surface area contributed by atoms with Crippen LogP contribution in [0.15, 0.2) is 10.6 Å². The number of carbonyl (C=O) groups excluding carboxylic acids is 1. The van der Waals surface area contributed by atoms with Crippen LogP contribution >= 0.6 is 0 Å². The summed E-state index contributed by atoms with van der Waals surface area (Å²) >= 11 is 0. The lowest BCUT2D eigenvalue weighted by atomic mass is 10.2. The van der Waals surface area contributed by atoms with E-state index in [-0.39, 0.29) is 17.8 Å². The van der Waals surface area contributed by atoms with Crippen LogP contribution in [0.4, 0.5) is 0 Å². The largest absolute Gasteiger partial charge is 0.376 e. The van der Waals surface area contributed by atoms with Crippen molar-refractivity contribution in [3.8, 4) is 0 Å². The smallest absolute Gasteiger partial charge is 0.289 e. The van der Waals surface area contributed by atoms with E-state index in [4.69, 9.17) is 9.26 Å². The fourth-order valence-corrected chi connectivity index (χ4v) is 1.57. The molecule has 0 saturated carbocycles. The first-order valence-electron chi connectivity index (χ1n) is 5.09. The highest BCUT2D eigenvalue weighted by molar-refractivity contribution is 5.91. The van der Waals surface area contributed by atoms with E-state index < -0.39 is 0 Å². The molecule has 1 aromatic heterocycles. The van der Waals surface area contributed by atoms with E-state index in [1.165, 1.54) is 0 Å². The van der Waals surface area contributed by atoms with Crippen LogP contribution in [0.1, 0.15) is 29.1 Å². The van der Waals surface area contributed by atoms with Crippen LogP contribution in [-0.4, -0.2) is 30.3 Å². The molecule has 2 heterocycles. The molecular formula is C10H14N2O3. The Morgan fingerprint density at radius 1 is 1.73 bits per heavy atom. The summed E-state index contributed by atoms with van der Waals surface area (Å²) in [6.07, 6.45) is 2.23. The van der Waals surface area contributed by atoms with Gasteiger partial charge in [-0.05, 0) is 19.8 Å². The standard InChI is InChI=1S/C10H14N2O3/c1-7-5-9(15-12-7)10(13)11-6-8-3-2-4-14-8/h5,8H,2-4,6H2,1H3,(H,11,13). The van der Waals surface area contributed by atoms with Gasteiger partial charge >= 0.3 is 0 Å². The third kappa shape index (κ3) is 2.56. The molecule has 1 fully saturated rings. The number of hydrogen-bond acceptors (Lipinski definition) is 4. The van der Waals surface area contributed by atoms with Gasteiger partial charge in [-0.2, -0.15) is 0 Å². The molecule has 0 aromatic carbocycles. The van der Waals surface area contributed by atoms with Gasteiger partial charge in [0.25, 0.3) is 5.91 Å². The van der Waals surface area contributed by atoms with Gasteiger partial charge in [-0.25, -0.2) is 0 Å². The molecule has 0 bridgehead atoms. The first-order chi connectivity index (χ1) is 7.25. The van der Waals surface area contributed by atoms with Gasteiger partial charge < -0.3 is 14.6 Å². The average Bonchev–Trinajstić information content (AvgIpc) is 2.84. The second kappa shape index (κ2) is 4.44. The minimum absolute atomic E-state index is 0.151. The molecule has 1 N–H and O–H groups in total. The Bertz CT molecular complexity index is 342. The number of hydrogen-bond donors (Lipinski definition) is 1. The zero-order chi connectivity index (χ0) is 10.7. The molecule has 1 saturated heterocycles. The van der Waals surface area contributed by atoms with Crippen molar-refractivity contribution in [2.75, 3.05) is 13.2 Å². The normalized spacial score (nSPS) is 20.5. The first kappa shape index (κ1) is 10.2. The number of aromatic nitrogens is 1. The molecule has 2 rings (SSSR count). The van der Waals surface area contributed by atoms with Gasteiger partial charge in [-0.3, -0.25) is 4.79 Å². The Kier molecular flexibility index (Phi) is 3.01. The highest BCUT2D eigenvalue weighted by atomic mass is 16.5. The van der Waals surface area contributed by atoms with Crippen molar-refractivity contribution < 1.29 is 14.1 Å². The number of aryl methyl sites for hydroxylation is 1. The maximum atomic E-state index is 11.5. The molecule has 1 atom stereocenters. The Morgan fingerprint density at radius 3 is 3.20 bits per heavy atom. The van der Waals surface area contributed by atoms with Gasteiger partial charge in [-0.1, -0.05) is 5.16 Å². The number of carbonyl (C=O) groups is 1. The molecule has 1 aliphatic heterocycles. The second-order valence-electron chi connectivity index (χ2n) is 3.68. The molecule has 0 spiro atoms. The average molecular weight is 210 g/mol. The lowest BCUT2D eigenvalue weighted by Crippen LogP contribution is -2.31. The third-order valence-electron chi connectivity index (χ3n) is 2.37. The van der Waals surface area contributed by atoms with Crippen molar-refractivity contribution >= 4 is 5.91 Å². The molecule has 82 valence electrons. The summed E-state index contributed by atoms with van der Waals surface area (Å²) in [5.74, 6) is 0.0246. The molecule has 1 amide bonds. The van der Waals surface area contributed by atoms with Crippen LogP contribution in [-0.2, 0) is 4.74 Å². The van der Waals surface area contributed by atoms with Gasteiger partial charge in [-0.15, -0.1) is 0 Å². The summed E-state index contributed by atoms with van der Waals surface area (Å²) in [5.41, 5.74) is 0.706. The van der Waals surface area contributed by atoms with Gasteiger partial charge in [0.05, 0.1) is 11.8 Å².